The minimum atomic E-state index is -0.888. The second-order valence-electron chi connectivity index (χ2n) is 2.96. The minimum absolute atomic E-state index is 0.648. The van der Waals surface area contributed by atoms with Crippen LogP contribution < -0.4 is 4.74 Å². The first-order valence-electron chi connectivity index (χ1n) is 4.54. The largest absolute Gasteiger partial charge is 0.496 e. The van der Waals surface area contributed by atoms with Gasteiger partial charge in [-0.15, -0.1) is 6.42 Å². The van der Waals surface area contributed by atoms with E-state index in [1.54, 1.807) is 13.2 Å². The van der Waals surface area contributed by atoms with Crippen LogP contribution in [0.25, 0.3) is 0 Å². The Bertz CT molecular complexity index is 328. The van der Waals surface area contributed by atoms with E-state index < -0.39 is 6.10 Å². The van der Waals surface area contributed by atoms with Gasteiger partial charge >= 0.3 is 0 Å². The van der Waals surface area contributed by atoms with Gasteiger partial charge in [0, 0.05) is 5.56 Å². The fourth-order valence-electron chi connectivity index (χ4n) is 1.47. The van der Waals surface area contributed by atoms with E-state index in [-0.39, 0.29) is 0 Å². The lowest BCUT2D eigenvalue weighted by atomic mass is 9.99. The van der Waals surface area contributed by atoms with Gasteiger partial charge in [0.05, 0.1) is 7.11 Å². The molecule has 1 atom stereocenters. The van der Waals surface area contributed by atoms with Crippen LogP contribution in [0.2, 0.25) is 0 Å². The van der Waals surface area contributed by atoms with Crippen LogP contribution in [0.15, 0.2) is 18.2 Å². The van der Waals surface area contributed by atoms with E-state index in [9.17, 15) is 5.11 Å². The Hall–Kier alpha value is -1.46. The van der Waals surface area contributed by atoms with Crippen molar-refractivity contribution in [3.05, 3.63) is 29.3 Å². The Labute approximate surface area is 84.5 Å². The number of benzene rings is 1. The Kier molecular flexibility index (Phi) is 3.55. The molecule has 0 aliphatic carbocycles. The summed E-state index contributed by atoms with van der Waals surface area (Å²) in [6, 6.07) is 5.64. The molecule has 0 bridgehead atoms. The molecular formula is C12H14O2. The average Bonchev–Trinajstić information content (AvgIpc) is 2.26. The quantitative estimate of drug-likeness (QED) is 0.738. The topological polar surface area (TPSA) is 29.5 Å². The zero-order chi connectivity index (χ0) is 10.6. The molecule has 74 valence electrons. The second kappa shape index (κ2) is 4.69. The van der Waals surface area contributed by atoms with Gasteiger partial charge in [-0.2, -0.15) is 0 Å². The molecule has 0 aliphatic heterocycles. The maximum atomic E-state index is 9.64. The van der Waals surface area contributed by atoms with Crippen molar-refractivity contribution in [1.82, 2.24) is 0 Å². The number of aryl methyl sites for hydroxylation is 1. The number of rotatable bonds is 3. The summed E-state index contributed by atoms with van der Waals surface area (Å²) >= 11 is 0. The lowest BCUT2D eigenvalue weighted by molar-refractivity contribution is 0.231. The van der Waals surface area contributed by atoms with E-state index in [1.807, 2.05) is 19.1 Å². The summed E-state index contributed by atoms with van der Waals surface area (Å²) in [5.74, 6) is 2.95. The highest BCUT2D eigenvalue weighted by atomic mass is 16.5. The predicted molar refractivity (Wildman–Crippen MR) is 56.2 cm³/mol. The van der Waals surface area contributed by atoms with Crippen molar-refractivity contribution in [2.24, 2.45) is 0 Å². The maximum Gasteiger partial charge on any atom is 0.143 e. The molecule has 0 saturated heterocycles. The lowest BCUT2D eigenvalue weighted by Gasteiger charge is -2.14. The first kappa shape index (κ1) is 10.6. The van der Waals surface area contributed by atoms with Gasteiger partial charge in [0.25, 0.3) is 0 Å². The molecule has 0 aromatic heterocycles. The van der Waals surface area contributed by atoms with Crippen LogP contribution in [0.1, 0.15) is 24.2 Å². The summed E-state index contributed by atoms with van der Waals surface area (Å²) in [5, 5.41) is 9.64. The summed E-state index contributed by atoms with van der Waals surface area (Å²) in [6.07, 6.45) is 5.13. The smallest absolute Gasteiger partial charge is 0.143 e. The highest BCUT2D eigenvalue weighted by molar-refractivity contribution is 5.44. The molecule has 1 rings (SSSR count). The number of aliphatic hydroxyl groups excluding tert-OH is 1. The van der Waals surface area contributed by atoms with Crippen LogP contribution in [0, 0.1) is 12.3 Å². The van der Waals surface area contributed by atoms with Gasteiger partial charge in [-0.3, -0.25) is 0 Å². The van der Waals surface area contributed by atoms with Crippen molar-refractivity contribution >= 4 is 0 Å². The second-order valence-corrected chi connectivity index (χ2v) is 2.96. The van der Waals surface area contributed by atoms with E-state index in [2.05, 4.69) is 5.92 Å². The van der Waals surface area contributed by atoms with Gasteiger partial charge < -0.3 is 9.84 Å². The highest BCUT2D eigenvalue weighted by Crippen LogP contribution is 2.28. The number of hydrogen-bond donors (Lipinski definition) is 1. The molecule has 1 aromatic carbocycles. The number of aliphatic hydroxyl groups is 1. The fraction of sp³-hybridized carbons (Fsp3) is 0.333. The van der Waals surface area contributed by atoms with E-state index in [4.69, 9.17) is 11.2 Å². The van der Waals surface area contributed by atoms with Gasteiger partial charge in [0.1, 0.15) is 11.9 Å². The fourth-order valence-corrected chi connectivity index (χ4v) is 1.47. The van der Waals surface area contributed by atoms with E-state index in [0.717, 1.165) is 12.0 Å². The zero-order valence-electron chi connectivity index (χ0n) is 8.45. The van der Waals surface area contributed by atoms with Crippen LogP contribution in [-0.4, -0.2) is 12.2 Å². The van der Waals surface area contributed by atoms with Crippen LogP contribution in [0.3, 0.4) is 0 Å². The number of hydrogen-bond acceptors (Lipinski definition) is 2. The van der Waals surface area contributed by atoms with Gasteiger partial charge in [0.2, 0.25) is 0 Å². The van der Waals surface area contributed by atoms with Gasteiger partial charge in [0.15, 0.2) is 0 Å². The summed E-state index contributed by atoms with van der Waals surface area (Å²) in [4.78, 5) is 0. The van der Waals surface area contributed by atoms with Crippen molar-refractivity contribution in [2.45, 2.75) is 19.4 Å². The number of terminal acetylenes is 1. The van der Waals surface area contributed by atoms with Gasteiger partial charge in [-0.1, -0.05) is 25.0 Å². The zero-order valence-corrected chi connectivity index (χ0v) is 8.45. The third kappa shape index (κ3) is 1.89. The first-order chi connectivity index (χ1) is 6.74. The molecule has 0 heterocycles. The summed E-state index contributed by atoms with van der Waals surface area (Å²) in [7, 11) is 1.57. The van der Waals surface area contributed by atoms with Crippen LogP contribution in [0.4, 0.5) is 0 Å². The third-order valence-electron chi connectivity index (χ3n) is 2.19. The Balaban J connectivity index is 3.27. The Morgan fingerprint density at radius 3 is 2.79 bits per heavy atom. The normalized spacial score (nSPS) is 11.9. The molecular weight excluding hydrogens is 176 g/mol. The van der Waals surface area contributed by atoms with Crippen molar-refractivity contribution in [2.75, 3.05) is 7.11 Å². The summed E-state index contributed by atoms with van der Waals surface area (Å²) < 4.78 is 5.16. The molecule has 0 radical (unpaired) electrons. The van der Waals surface area contributed by atoms with E-state index in [1.165, 1.54) is 0 Å². The predicted octanol–water partition coefficient (Wildman–Crippen LogP) is 1.92. The van der Waals surface area contributed by atoms with Gasteiger partial charge in [-0.25, -0.2) is 0 Å². The SMILES string of the molecule is C#C[C@@H](O)c1c(CC)cccc1OC. The third-order valence-corrected chi connectivity index (χ3v) is 2.19. The van der Waals surface area contributed by atoms with Crippen molar-refractivity contribution < 1.29 is 9.84 Å². The molecule has 0 aliphatic rings. The molecule has 2 heteroatoms. The van der Waals surface area contributed by atoms with Crippen LogP contribution in [-0.2, 0) is 6.42 Å². The van der Waals surface area contributed by atoms with E-state index in [0.29, 0.717) is 11.3 Å². The standard InChI is InChI=1S/C12H14O2/c1-4-9-7-6-8-11(14-3)12(9)10(13)5-2/h2,6-8,10,13H,4H2,1,3H3/t10-/m1/s1. The molecule has 1 aromatic rings. The Morgan fingerprint density at radius 1 is 1.57 bits per heavy atom. The van der Waals surface area contributed by atoms with Crippen molar-refractivity contribution in [3.8, 4) is 18.1 Å². The minimum Gasteiger partial charge on any atom is -0.496 e. The molecule has 0 fully saturated rings. The molecule has 0 amide bonds. The summed E-state index contributed by atoms with van der Waals surface area (Å²) in [5.41, 5.74) is 1.73. The Morgan fingerprint density at radius 2 is 2.29 bits per heavy atom. The summed E-state index contributed by atoms with van der Waals surface area (Å²) in [6.45, 7) is 2.02. The average molecular weight is 190 g/mol. The molecule has 0 unspecified atom stereocenters. The number of methoxy groups -OCH3 is 1. The van der Waals surface area contributed by atoms with Crippen LogP contribution in [0.5, 0.6) is 5.75 Å². The lowest BCUT2D eigenvalue weighted by Crippen LogP contribution is -2.02. The molecule has 1 N–H and O–H groups in total. The molecule has 2 nitrogen and oxygen atoms in total. The van der Waals surface area contributed by atoms with Crippen molar-refractivity contribution in [3.63, 3.8) is 0 Å². The molecule has 0 saturated carbocycles. The maximum absolute atomic E-state index is 9.64. The molecule has 14 heavy (non-hydrogen) atoms. The molecule has 0 spiro atoms. The first-order valence-corrected chi connectivity index (χ1v) is 4.54. The van der Waals surface area contributed by atoms with Gasteiger partial charge in [-0.05, 0) is 18.1 Å². The van der Waals surface area contributed by atoms with Crippen LogP contribution >= 0.6 is 0 Å². The number of ether oxygens (including phenoxy) is 1. The van der Waals surface area contributed by atoms with E-state index >= 15 is 0 Å². The highest BCUT2D eigenvalue weighted by Gasteiger charge is 2.14. The van der Waals surface area contributed by atoms with Crippen molar-refractivity contribution in [1.29, 1.82) is 0 Å². The monoisotopic (exact) mass is 190 g/mol.